The summed E-state index contributed by atoms with van der Waals surface area (Å²) < 4.78 is 18.3. The maximum absolute atomic E-state index is 12.9. The van der Waals surface area contributed by atoms with Crippen LogP contribution in [0.3, 0.4) is 0 Å². The highest BCUT2D eigenvalue weighted by Crippen LogP contribution is 2.63. The molecule has 4 nitrogen and oxygen atoms in total. The molecule has 6 atom stereocenters. The molecule has 32 heavy (non-hydrogen) atoms. The summed E-state index contributed by atoms with van der Waals surface area (Å²) in [5.74, 6) is 2.48. The fraction of sp³-hybridized carbons (Fsp3) is 0.481. The summed E-state index contributed by atoms with van der Waals surface area (Å²) in [6.45, 7) is 2.26. The normalized spacial score (nSPS) is 32.3. The van der Waals surface area contributed by atoms with Gasteiger partial charge in [0, 0.05) is 11.2 Å². The van der Waals surface area contributed by atoms with E-state index in [0.717, 1.165) is 49.8 Å². The molecule has 2 aromatic carbocycles. The van der Waals surface area contributed by atoms with E-state index >= 15 is 0 Å². The average Bonchev–Trinajstić information content (AvgIpc) is 3.19. The van der Waals surface area contributed by atoms with Crippen LogP contribution in [0.25, 0.3) is 0 Å². The van der Waals surface area contributed by atoms with Crippen molar-refractivity contribution in [3.63, 3.8) is 0 Å². The van der Waals surface area contributed by atoms with E-state index in [0.29, 0.717) is 22.6 Å². The Balaban J connectivity index is 1.42. The van der Waals surface area contributed by atoms with Crippen LogP contribution >= 0.6 is 0 Å². The molecule has 0 amide bonds. The van der Waals surface area contributed by atoms with E-state index in [1.165, 1.54) is 11.1 Å². The zero-order valence-corrected chi connectivity index (χ0v) is 19.6. The third kappa shape index (κ3) is 3.46. The first-order chi connectivity index (χ1) is 15.4. The highest BCUT2D eigenvalue weighted by molar-refractivity contribution is 7.92. The minimum Gasteiger partial charge on any atom is -0.609 e. The topological polar surface area (TPSA) is 72.8 Å². The van der Waals surface area contributed by atoms with Gasteiger partial charge in [-0.15, -0.1) is 0 Å². The monoisotopic (exact) mass is 452 g/mol. The lowest BCUT2D eigenvalue weighted by molar-refractivity contribution is 0.0768. The predicted molar refractivity (Wildman–Crippen MR) is 126 cm³/mol. The highest BCUT2D eigenvalue weighted by atomic mass is 32.2. The van der Waals surface area contributed by atoms with Gasteiger partial charge in [0.2, 0.25) is 0 Å². The maximum Gasteiger partial charge on any atom is 0.276 e. The number of aliphatic hydroxyl groups excluding tert-OH is 2. The molecule has 2 fully saturated rings. The van der Waals surface area contributed by atoms with Crippen LogP contribution in [0.15, 0.2) is 64.8 Å². The molecule has 0 aliphatic heterocycles. The van der Waals surface area contributed by atoms with Crippen molar-refractivity contribution in [3.05, 3.63) is 71.0 Å². The van der Waals surface area contributed by atoms with Crippen LogP contribution in [0, 0.1) is 17.3 Å². The SMILES string of the molecule is COc1ccc2c(c1)CC[C@@H]1[C@@H]2CC[C@]2(C)C(=C(O)C(O)[S+]([O-])c3ccccc3)CC[C@@H]12. The van der Waals surface area contributed by atoms with Gasteiger partial charge in [-0.05, 0) is 103 Å². The molecule has 3 aliphatic rings. The number of aryl methyl sites for hydroxylation is 1. The molecule has 170 valence electrons. The minimum absolute atomic E-state index is 0.0587. The molecule has 0 radical (unpaired) electrons. The van der Waals surface area contributed by atoms with Gasteiger partial charge >= 0.3 is 0 Å². The first-order valence-electron chi connectivity index (χ1n) is 11.7. The Kier molecular flexibility index (Phi) is 5.77. The second-order valence-electron chi connectivity index (χ2n) is 9.80. The third-order valence-corrected chi connectivity index (χ3v) is 9.81. The van der Waals surface area contributed by atoms with Gasteiger partial charge in [0.1, 0.15) is 5.75 Å². The van der Waals surface area contributed by atoms with Gasteiger partial charge in [-0.3, -0.25) is 0 Å². The Bertz CT molecular complexity index is 1020. The van der Waals surface area contributed by atoms with E-state index in [1.54, 1.807) is 31.4 Å². The van der Waals surface area contributed by atoms with Crippen molar-refractivity contribution in [1.29, 1.82) is 0 Å². The fourth-order valence-corrected chi connectivity index (χ4v) is 7.88. The number of hydrogen-bond acceptors (Lipinski definition) is 4. The van der Waals surface area contributed by atoms with Crippen molar-refractivity contribution in [1.82, 2.24) is 0 Å². The van der Waals surface area contributed by atoms with E-state index in [9.17, 15) is 14.8 Å². The van der Waals surface area contributed by atoms with E-state index in [-0.39, 0.29) is 11.2 Å². The van der Waals surface area contributed by atoms with Crippen LogP contribution in [0.5, 0.6) is 5.75 Å². The molecule has 2 saturated carbocycles. The summed E-state index contributed by atoms with van der Waals surface area (Å²) in [6, 6.07) is 15.4. The van der Waals surface area contributed by atoms with Crippen LogP contribution in [-0.4, -0.2) is 27.3 Å². The van der Waals surface area contributed by atoms with Crippen LogP contribution in [0.4, 0.5) is 0 Å². The number of aliphatic hydroxyl groups is 2. The number of rotatable bonds is 4. The fourth-order valence-electron chi connectivity index (χ4n) is 6.85. The van der Waals surface area contributed by atoms with Gasteiger partial charge in [-0.2, -0.15) is 0 Å². The third-order valence-electron chi connectivity index (χ3n) is 8.44. The number of methoxy groups -OCH3 is 1. The highest BCUT2D eigenvalue weighted by Gasteiger charge is 2.54. The van der Waals surface area contributed by atoms with Gasteiger partial charge in [0.05, 0.1) is 7.11 Å². The van der Waals surface area contributed by atoms with E-state index in [2.05, 4.69) is 25.1 Å². The molecule has 0 saturated heterocycles. The first kappa shape index (κ1) is 21.9. The molecule has 5 rings (SSSR count). The Morgan fingerprint density at radius 2 is 1.91 bits per heavy atom. The standard InChI is InChI=1S/C27H32O4S/c1-27-15-14-21-20-11-9-18(31-2)16-17(20)8-10-22(21)23(27)12-13-24(27)25(28)26(29)32(30)19-6-4-3-5-7-19/h3-7,9,11,16,21-23,26,28-29H,8,10,12-15H2,1-2H3/t21-,22-,23+,26?,27+,32?/m1/s1. The average molecular weight is 453 g/mol. The van der Waals surface area contributed by atoms with E-state index < -0.39 is 16.6 Å². The largest absolute Gasteiger partial charge is 0.609 e. The first-order valence-corrected chi connectivity index (χ1v) is 12.9. The number of fused-ring (bicyclic) bond motifs is 5. The van der Waals surface area contributed by atoms with Crippen molar-refractivity contribution < 1.29 is 19.5 Å². The van der Waals surface area contributed by atoms with Gasteiger partial charge in [0.25, 0.3) is 5.44 Å². The zero-order valence-electron chi connectivity index (χ0n) is 18.8. The van der Waals surface area contributed by atoms with Gasteiger partial charge < -0.3 is 19.5 Å². The summed E-state index contributed by atoms with van der Waals surface area (Å²) in [4.78, 5) is 0.537. The van der Waals surface area contributed by atoms with Crippen molar-refractivity contribution >= 4 is 11.2 Å². The molecule has 2 unspecified atom stereocenters. The molecule has 0 aromatic heterocycles. The van der Waals surface area contributed by atoms with Crippen molar-refractivity contribution in [2.24, 2.45) is 17.3 Å². The molecule has 5 heteroatoms. The molecule has 0 bridgehead atoms. The van der Waals surface area contributed by atoms with Crippen LogP contribution in [0.2, 0.25) is 0 Å². The van der Waals surface area contributed by atoms with Gasteiger partial charge in [-0.25, -0.2) is 0 Å². The summed E-state index contributed by atoms with van der Waals surface area (Å²) in [5, 5.41) is 21.9. The van der Waals surface area contributed by atoms with Gasteiger partial charge in [0.15, 0.2) is 10.7 Å². The molecule has 2 N–H and O–H groups in total. The second-order valence-corrected chi connectivity index (χ2v) is 11.3. The van der Waals surface area contributed by atoms with Crippen molar-refractivity contribution in [2.45, 2.75) is 61.7 Å². The lowest BCUT2D eigenvalue weighted by atomic mass is 9.55. The summed E-state index contributed by atoms with van der Waals surface area (Å²) in [5.41, 5.74) is 2.30. The lowest BCUT2D eigenvalue weighted by Gasteiger charge is -2.49. The Labute approximate surface area is 193 Å². The second kappa shape index (κ2) is 8.44. The molecular weight excluding hydrogens is 420 g/mol. The smallest absolute Gasteiger partial charge is 0.276 e. The van der Waals surface area contributed by atoms with Crippen LogP contribution in [0.1, 0.15) is 56.1 Å². The number of benzene rings is 2. The van der Waals surface area contributed by atoms with Crippen molar-refractivity contribution in [2.75, 3.05) is 7.11 Å². The lowest BCUT2D eigenvalue weighted by Crippen LogP contribution is -2.41. The molecule has 0 spiro atoms. The minimum atomic E-state index is -1.69. The predicted octanol–water partition coefficient (Wildman–Crippen LogP) is 5.49. The summed E-state index contributed by atoms with van der Waals surface area (Å²) in [7, 11) is 1.72. The summed E-state index contributed by atoms with van der Waals surface area (Å²) >= 11 is -1.69. The van der Waals surface area contributed by atoms with Crippen LogP contribution in [-0.2, 0) is 17.6 Å². The van der Waals surface area contributed by atoms with Gasteiger partial charge in [-0.1, -0.05) is 31.2 Å². The zero-order chi connectivity index (χ0) is 22.5. The number of hydrogen-bond donors (Lipinski definition) is 2. The van der Waals surface area contributed by atoms with Crippen molar-refractivity contribution in [3.8, 4) is 5.75 Å². The van der Waals surface area contributed by atoms with E-state index in [4.69, 9.17) is 4.74 Å². The Hall–Kier alpha value is -1.95. The maximum atomic E-state index is 12.9. The van der Waals surface area contributed by atoms with E-state index in [1.807, 2.05) is 6.07 Å². The molecular formula is C27H32O4S. The number of allylic oxidation sites excluding steroid dienone is 1. The molecule has 0 heterocycles. The Morgan fingerprint density at radius 1 is 1.12 bits per heavy atom. The summed E-state index contributed by atoms with van der Waals surface area (Å²) in [6.07, 6.45) is 6.06. The molecule has 3 aliphatic carbocycles. The number of ether oxygens (including phenoxy) is 1. The molecule has 2 aromatic rings. The van der Waals surface area contributed by atoms with Crippen LogP contribution < -0.4 is 4.74 Å². The Morgan fingerprint density at radius 3 is 2.66 bits per heavy atom. The quantitative estimate of drug-likeness (QED) is 0.475.